The van der Waals surface area contributed by atoms with Crippen LogP contribution < -0.4 is 10.6 Å². The number of nitrogens with zero attached hydrogens (tertiary/aromatic N) is 5. The van der Waals surface area contributed by atoms with E-state index in [2.05, 4.69) is 37.4 Å². The number of fused-ring (bicyclic) bond motifs is 1. The zero-order chi connectivity index (χ0) is 30.0. The standard InChI is InChI=1S/C31H29F3N8O/c1-41-12-14-42(15-13-41)19-22-7-8-24(37-29(43)20-4-2-6-23(16-20)31(32,33)34)17-26(22)39-30-38-25-9-11-36-28(25)27(40-30)21-5-3-10-35-18-21/h2-11,16-18,36H,12-15,19H2,1H3,(H,37,43)(H,38,39,40). The van der Waals surface area contributed by atoms with Crippen molar-refractivity contribution in [1.29, 1.82) is 0 Å². The minimum Gasteiger partial charge on any atom is -0.358 e. The van der Waals surface area contributed by atoms with Crippen molar-refractivity contribution in [2.75, 3.05) is 43.9 Å². The van der Waals surface area contributed by atoms with Gasteiger partial charge in [-0.15, -0.1) is 0 Å². The average molecular weight is 587 g/mol. The van der Waals surface area contributed by atoms with E-state index in [1.165, 1.54) is 12.1 Å². The summed E-state index contributed by atoms with van der Waals surface area (Å²) in [6.07, 6.45) is 0.675. The SMILES string of the molecule is CN1CCN(Cc2ccc(NC(=O)c3cccc(C(F)(F)F)c3)cc2Nc2nc(-c3cccnc3)c3[nH]ccc3n2)CC1. The van der Waals surface area contributed by atoms with Crippen LogP contribution in [-0.4, -0.2) is 68.9 Å². The number of anilines is 3. The predicted octanol–water partition coefficient (Wildman–Crippen LogP) is 5.78. The monoisotopic (exact) mass is 586 g/mol. The fraction of sp³-hybridized carbons (Fsp3) is 0.226. The minimum absolute atomic E-state index is 0.0896. The maximum absolute atomic E-state index is 13.2. The Labute approximate surface area is 245 Å². The minimum atomic E-state index is -4.55. The van der Waals surface area contributed by atoms with Crippen molar-refractivity contribution >= 4 is 34.3 Å². The highest BCUT2D eigenvalue weighted by Crippen LogP contribution is 2.31. The molecule has 1 amide bonds. The van der Waals surface area contributed by atoms with Gasteiger partial charge in [-0.2, -0.15) is 13.2 Å². The van der Waals surface area contributed by atoms with E-state index in [1.54, 1.807) is 30.7 Å². The molecule has 1 fully saturated rings. The van der Waals surface area contributed by atoms with Gasteiger partial charge >= 0.3 is 6.18 Å². The van der Waals surface area contributed by atoms with Crippen LogP contribution in [0.25, 0.3) is 22.3 Å². The average Bonchev–Trinajstić information content (AvgIpc) is 3.48. The van der Waals surface area contributed by atoms with Crippen molar-refractivity contribution in [2.24, 2.45) is 0 Å². The second-order valence-electron chi connectivity index (χ2n) is 10.5. The number of H-pyrrole nitrogens is 1. The molecule has 2 aromatic carbocycles. The molecule has 0 bridgehead atoms. The van der Waals surface area contributed by atoms with Gasteiger partial charge in [0.05, 0.1) is 16.6 Å². The highest BCUT2D eigenvalue weighted by Gasteiger charge is 2.31. The summed E-state index contributed by atoms with van der Waals surface area (Å²) in [5.41, 5.74) is 4.07. The van der Waals surface area contributed by atoms with Crippen LogP contribution in [0.1, 0.15) is 21.5 Å². The van der Waals surface area contributed by atoms with Crippen molar-refractivity contribution in [3.05, 3.63) is 95.9 Å². The van der Waals surface area contributed by atoms with Gasteiger partial charge in [0.25, 0.3) is 5.91 Å². The molecule has 3 N–H and O–H groups in total. The van der Waals surface area contributed by atoms with Crippen molar-refractivity contribution in [2.45, 2.75) is 12.7 Å². The van der Waals surface area contributed by atoms with E-state index in [9.17, 15) is 18.0 Å². The molecule has 0 atom stereocenters. The number of hydrogen-bond acceptors (Lipinski definition) is 7. The molecule has 0 radical (unpaired) electrons. The molecule has 4 heterocycles. The molecule has 5 aromatic rings. The van der Waals surface area contributed by atoms with Gasteiger partial charge in [0, 0.05) is 73.8 Å². The fourth-order valence-corrected chi connectivity index (χ4v) is 5.03. The Balaban J connectivity index is 1.33. The van der Waals surface area contributed by atoms with Gasteiger partial charge in [0.1, 0.15) is 5.69 Å². The first-order valence-electron chi connectivity index (χ1n) is 13.8. The number of rotatable bonds is 7. The summed E-state index contributed by atoms with van der Waals surface area (Å²) in [5.74, 6) is -0.292. The Morgan fingerprint density at radius 3 is 2.60 bits per heavy atom. The quantitative estimate of drug-likeness (QED) is 0.222. The molecule has 1 aliphatic rings. The van der Waals surface area contributed by atoms with E-state index in [1.807, 2.05) is 24.3 Å². The van der Waals surface area contributed by atoms with E-state index in [-0.39, 0.29) is 5.56 Å². The molecule has 220 valence electrons. The summed E-state index contributed by atoms with van der Waals surface area (Å²) in [5, 5.41) is 6.09. The van der Waals surface area contributed by atoms with Gasteiger partial charge in [-0.1, -0.05) is 12.1 Å². The number of alkyl halides is 3. The number of aromatic amines is 1. The van der Waals surface area contributed by atoms with Crippen LogP contribution in [0, 0.1) is 0 Å². The molecule has 1 saturated heterocycles. The molecule has 0 unspecified atom stereocenters. The highest BCUT2D eigenvalue weighted by molar-refractivity contribution is 6.04. The van der Waals surface area contributed by atoms with Crippen molar-refractivity contribution < 1.29 is 18.0 Å². The third-order valence-corrected chi connectivity index (χ3v) is 7.40. The third kappa shape index (κ3) is 6.50. The van der Waals surface area contributed by atoms with Crippen LogP contribution >= 0.6 is 0 Å². The number of carbonyl (C=O) groups is 1. The van der Waals surface area contributed by atoms with E-state index in [0.29, 0.717) is 35.1 Å². The maximum Gasteiger partial charge on any atom is 0.416 e. The molecule has 3 aromatic heterocycles. The van der Waals surface area contributed by atoms with Gasteiger partial charge in [-0.3, -0.25) is 14.7 Å². The Morgan fingerprint density at radius 1 is 1.00 bits per heavy atom. The summed E-state index contributed by atoms with van der Waals surface area (Å²) in [6.45, 7) is 4.37. The first kappa shape index (κ1) is 28.3. The van der Waals surface area contributed by atoms with Gasteiger partial charge < -0.3 is 20.5 Å². The number of likely N-dealkylation sites (N-methyl/N-ethyl adjacent to an activating group) is 1. The normalized spacial score (nSPS) is 14.6. The first-order valence-corrected chi connectivity index (χ1v) is 13.8. The Bertz CT molecular complexity index is 1750. The van der Waals surface area contributed by atoms with Gasteiger partial charge in [-0.25, -0.2) is 9.97 Å². The summed E-state index contributed by atoms with van der Waals surface area (Å²) in [4.78, 5) is 34.5. The topological polar surface area (TPSA) is 102 Å². The lowest BCUT2D eigenvalue weighted by Gasteiger charge is -2.32. The lowest BCUT2D eigenvalue weighted by molar-refractivity contribution is -0.137. The lowest BCUT2D eigenvalue weighted by Crippen LogP contribution is -2.43. The zero-order valence-electron chi connectivity index (χ0n) is 23.3. The van der Waals surface area contributed by atoms with Crippen LogP contribution in [0.15, 0.2) is 79.3 Å². The van der Waals surface area contributed by atoms with E-state index in [4.69, 9.17) is 9.97 Å². The van der Waals surface area contributed by atoms with Crippen molar-refractivity contribution in [1.82, 2.24) is 29.7 Å². The first-order chi connectivity index (χ1) is 20.7. The molecular formula is C31H29F3N8O. The Kier molecular flexibility index (Phi) is 7.78. The summed E-state index contributed by atoms with van der Waals surface area (Å²) in [7, 11) is 2.10. The van der Waals surface area contributed by atoms with Crippen LogP contribution in [0.5, 0.6) is 0 Å². The second kappa shape index (κ2) is 11.8. The molecule has 0 spiro atoms. The fourth-order valence-electron chi connectivity index (χ4n) is 5.03. The summed E-state index contributed by atoms with van der Waals surface area (Å²) in [6, 6.07) is 15.4. The molecule has 9 nitrogen and oxygen atoms in total. The number of carbonyl (C=O) groups excluding carboxylic acids is 1. The number of hydrogen-bond donors (Lipinski definition) is 3. The smallest absolute Gasteiger partial charge is 0.358 e. The number of piperazine rings is 1. The second-order valence-corrected chi connectivity index (χ2v) is 10.5. The summed E-state index contributed by atoms with van der Waals surface area (Å²) < 4.78 is 39.7. The molecule has 1 aliphatic heterocycles. The van der Waals surface area contributed by atoms with Crippen LogP contribution in [-0.2, 0) is 12.7 Å². The van der Waals surface area contributed by atoms with Crippen molar-refractivity contribution in [3.8, 4) is 11.3 Å². The molecule has 6 rings (SSSR count). The van der Waals surface area contributed by atoms with E-state index < -0.39 is 17.6 Å². The third-order valence-electron chi connectivity index (χ3n) is 7.40. The zero-order valence-corrected chi connectivity index (χ0v) is 23.3. The highest BCUT2D eigenvalue weighted by atomic mass is 19.4. The van der Waals surface area contributed by atoms with Gasteiger partial charge in [0.2, 0.25) is 5.95 Å². The molecule has 0 saturated carbocycles. The van der Waals surface area contributed by atoms with Crippen LogP contribution in [0.3, 0.4) is 0 Å². The molecule has 0 aliphatic carbocycles. The van der Waals surface area contributed by atoms with Gasteiger partial charge in [0.15, 0.2) is 0 Å². The summed E-state index contributed by atoms with van der Waals surface area (Å²) >= 11 is 0. The number of nitrogens with one attached hydrogen (secondary N) is 3. The number of amides is 1. The molecular weight excluding hydrogens is 557 g/mol. The van der Waals surface area contributed by atoms with Gasteiger partial charge in [-0.05, 0) is 61.1 Å². The number of halogens is 3. The molecule has 43 heavy (non-hydrogen) atoms. The Hall–Kier alpha value is -4.81. The van der Waals surface area contributed by atoms with E-state index >= 15 is 0 Å². The molecule has 12 heteroatoms. The lowest BCUT2D eigenvalue weighted by atomic mass is 10.1. The number of aromatic nitrogens is 4. The number of pyridine rings is 1. The predicted molar refractivity (Wildman–Crippen MR) is 159 cm³/mol. The van der Waals surface area contributed by atoms with Crippen molar-refractivity contribution in [3.63, 3.8) is 0 Å². The maximum atomic E-state index is 13.2. The largest absolute Gasteiger partial charge is 0.416 e. The van der Waals surface area contributed by atoms with Crippen LogP contribution in [0.4, 0.5) is 30.5 Å². The number of benzene rings is 2. The Morgan fingerprint density at radius 2 is 1.84 bits per heavy atom. The van der Waals surface area contributed by atoms with E-state index in [0.717, 1.165) is 55.0 Å². The van der Waals surface area contributed by atoms with Crippen LogP contribution in [0.2, 0.25) is 0 Å².